The van der Waals surface area contributed by atoms with Gasteiger partial charge >= 0.3 is 5.97 Å². The Morgan fingerprint density at radius 1 is 0.837 bits per heavy atom. The monoisotopic (exact) mass is 573 g/mol. The molecule has 0 bridgehead atoms. The van der Waals surface area contributed by atoms with Gasteiger partial charge in [-0.1, -0.05) is 91.0 Å². The number of anilines is 1. The van der Waals surface area contributed by atoms with Crippen molar-refractivity contribution in [3.05, 3.63) is 126 Å². The molecule has 1 fully saturated rings. The number of carbonyl (C=O) groups excluding carboxylic acids is 2. The molecule has 5 aromatic rings. The van der Waals surface area contributed by atoms with Crippen LogP contribution in [0.15, 0.2) is 110 Å². The summed E-state index contributed by atoms with van der Waals surface area (Å²) in [7, 11) is 0. The highest BCUT2D eigenvalue weighted by Crippen LogP contribution is 2.43. The number of nitrogens with one attached hydrogen (secondary N) is 1. The third-order valence-electron chi connectivity index (χ3n) is 7.83. The van der Waals surface area contributed by atoms with Crippen molar-refractivity contribution in [2.75, 3.05) is 18.4 Å². The molecule has 8 nitrogen and oxygen atoms in total. The van der Waals surface area contributed by atoms with Crippen LogP contribution in [0.1, 0.15) is 43.9 Å². The van der Waals surface area contributed by atoms with E-state index < -0.39 is 11.0 Å². The first-order valence-electron chi connectivity index (χ1n) is 14.5. The zero-order valence-corrected chi connectivity index (χ0v) is 24.6. The van der Waals surface area contributed by atoms with Crippen molar-refractivity contribution < 1.29 is 14.4 Å². The van der Waals surface area contributed by atoms with Crippen molar-refractivity contribution in [1.82, 2.24) is 19.6 Å². The van der Waals surface area contributed by atoms with Gasteiger partial charge in [-0.3, -0.25) is 4.79 Å². The highest BCUT2D eigenvalue weighted by atomic mass is 16.7. The van der Waals surface area contributed by atoms with Crippen molar-refractivity contribution in [3.63, 3.8) is 0 Å². The van der Waals surface area contributed by atoms with Crippen molar-refractivity contribution in [3.8, 4) is 0 Å². The molecule has 0 aliphatic carbocycles. The zero-order chi connectivity index (χ0) is 30.0. The van der Waals surface area contributed by atoms with Gasteiger partial charge < -0.3 is 14.7 Å². The van der Waals surface area contributed by atoms with Gasteiger partial charge in [-0.05, 0) is 43.5 Å². The fraction of sp³-hybridized carbons (Fsp3) is 0.257. The molecule has 2 aromatic heterocycles. The van der Waals surface area contributed by atoms with Gasteiger partial charge in [-0.15, -0.1) is 5.06 Å². The van der Waals surface area contributed by atoms with Crippen LogP contribution < -0.4 is 5.32 Å². The van der Waals surface area contributed by atoms with E-state index in [2.05, 4.69) is 93.9 Å². The van der Waals surface area contributed by atoms with Crippen molar-refractivity contribution in [1.29, 1.82) is 0 Å². The second kappa shape index (κ2) is 11.5. The second-order valence-corrected chi connectivity index (χ2v) is 12.0. The number of piperidine rings is 1. The molecule has 218 valence electrons. The summed E-state index contributed by atoms with van der Waals surface area (Å²) in [6.07, 6.45) is 3.91. The molecule has 0 saturated carbocycles. The lowest BCUT2D eigenvalue weighted by molar-refractivity contribution is -0.203. The van der Waals surface area contributed by atoms with Crippen LogP contribution in [0.25, 0.3) is 11.0 Å². The smallest absolute Gasteiger partial charge is 0.330 e. The Hall–Kier alpha value is -4.82. The van der Waals surface area contributed by atoms with E-state index in [-0.39, 0.29) is 24.3 Å². The van der Waals surface area contributed by atoms with Crippen molar-refractivity contribution in [2.24, 2.45) is 5.41 Å². The molecule has 1 atom stereocenters. The second-order valence-electron chi connectivity index (χ2n) is 12.0. The largest absolute Gasteiger partial charge is 0.367 e. The average molecular weight is 574 g/mol. The van der Waals surface area contributed by atoms with Crippen LogP contribution in [0.3, 0.4) is 0 Å². The SMILES string of the molecule is CC(C)(C)C(=O)ON1CC(=O)C[C@@H](Nc2ncnc3c2ccn3C(c2ccccc2)(c2ccccc2)c2ccccc2)C1. The van der Waals surface area contributed by atoms with E-state index in [4.69, 9.17) is 9.82 Å². The standard InChI is InChI=1S/C35H35N5O3/c1-34(2,3)33(42)43-39-22-28(21-29(41)23-39)38-31-30-19-20-40(32(30)37-24-36-31)35(25-13-7-4-8-14-25,26-15-9-5-10-16-26)27-17-11-6-12-18-27/h4-20,24,28H,21-23H2,1-3H3,(H,36,37,38)/t28-/m1/s1. The maximum atomic E-state index is 12.7. The molecular formula is C35H35N5O3. The Bertz CT molecular complexity index is 1630. The molecule has 6 rings (SSSR count). The molecule has 0 radical (unpaired) electrons. The molecule has 3 heterocycles. The van der Waals surface area contributed by atoms with Gasteiger partial charge in [0, 0.05) is 12.6 Å². The first kappa shape index (κ1) is 28.3. The summed E-state index contributed by atoms with van der Waals surface area (Å²) in [5, 5.41) is 5.74. The number of hydrogen-bond acceptors (Lipinski definition) is 7. The number of hydrogen-bond donors (Lipinski definition) is 1. The molecular weight excluding hydrogens is 538 g/mol. The summed E-state index contributed by atoms with van der Waals surface area (Å²) in [6.45, 7) is 5.81. The number of fused-ring (bicyclic) bond motifs is 1. The Morgan fingerprint density at radius 3 is 1.93 bits per heavy atom. The number of nitrogens with zero attached hydrogens (tertiary/aromatic N) is 4. The molecule has 0 unspecified atom stereocenters. The van der Waals surface area contributed by atoms with Crippen molar-refractivity contribution >= 4 is 28.6 Å². The highest BCUT2D eigenvalue weighted by molar-refractivity contribution is 5.89. The lowest BCUT2D eigenvalue weighted by atomic mass is 9.76. The number of carbonyl (C=O) groups is 2. The van der Waals surface area contributed by atoms with Crippen LogP contribution in [0.4, 0.5) is 5.82 Å². The summed E-state index contributed by atoms with van der Waals surface area (Å²) in [6, 6.07) is 33.0. The maximum Gasteiger partial charge on any atom is 0.330 e. The van der Waals surface area contributed by atoms with Gasteiger partial charge in [0.15, 0.2) is 5.78 Å². The first-order chi connectivity index (χ1) is 20.8. The van der Waals surface area contributed by atoms with Gasteiger partial charge in [0.05, 0.1) is 29.9 Å². The molecule has 43 heavy (non-hydrogen) atoms. The average Bonchev–Trinajstić information content (AvgIpc) is 3.44. The summed E-state index contributed by atoms with van der Waals surface area (Å²) in [5.74, 6) is 0.236. The van der Waals surface area contributed by atoms with Gasteiger partial charge in [-0.25, -0.2) is 14.8 Å². The normalized spacial score (nSPS) is 16.3. The van der Waals surface area contributed by atoms with Gasteiger partial charge in [0.25, 0.3) is 0 Å². The Morgan fingerprint density at radius 2 is 1.40 bits per heavy atom. The number of aromatic nitrogens is 3. The Kier molecular flexibility index (Phi) is 7.54. The minimum atomic E-state index is -0.726. The van der Waals surface area contributed by atoms with E-state index in [1.807, 2.05) is 24.3 Å². The van der Waals surface area contributed by atoms with Gasteiger partial charge in [-0.2, -0.15) is 0 Å². The van der Waals surface area contributed by atoms with Gasteiger partial charge in [0.2, 0.25) is 0 Å². The number of rotatable bonds is 7. The summed E-state index contributed by atoms with van der Waals surface area (Å²) < 4.78 is 2.21. The lowest BCUT2D eigenvalue weighted by Gasteiger charge is -2.38. The first-order valence-corrected chi connectivity index (χ1v) is 14.5. The molecule has 0 spiro atoms. The highest BCUT2D eigenvalue weighted by Gasteiger charge is 2.40. The van der Waals surface area contributed by atoms with Gasteiger partial charge in [0.1, 0.15) is 23.3 Å². The summed E-state index contributed by atoms with van der Waals surface area (Å²) >= 11 is 0. The van der Waals surface area contributed by atoms with E-state index in [1.165, 1.54) is 5.06 Å². The molecule has 1 N–H and O–H groups in total. The number of ketones is 1. The fourth-order valence-corrected chi connectivity index (χ4v) is 5.82. The maximum absolute atomic E-state index is 12.7. The van der Waals surface area contributed by atoms with Crippen LogP contribution in [0, 0.1) is 5.41 Å². The number of hydroxylamine groups is 2. The predicted octanol–water partition coefficient (Wildman–Crippen LogP) is 5.83. The number of Topliss-reactive ketones (excluding diaryl/α,β-unsaturated/α-hetero) is 1. The van der Waals surface area contributed by atoms with Crippen molar-refractivity contribution in [2.45, 2.75) is 38.8 Å². The Balaban J connectivity index is 1.44. The van der Waals surface area contributed by atoms with E-state index in [9.17, 15) is 9.59 Å². The van der Waals surface area contributed by atoms with E-state index in [0.29, 0.717) is 18.8 Å². The quantitative estimate of drug-likeness (QED) is 0.245. The van der Waals surface area contributed by atoms with E-state index in [1.54, 1.807) is 27.1 Å². The summed E-state index contributed by atoms with van der Waals surface area (Å²) in [4.78, 5) is 40.1. The van der Waals surface area contributed by atoms with E-state index >= 15 is 0 Å². The van der Waals surface area contributed by atoms with Crippen LogP contribution in [-0.4, -0.2) is 50.5 Å². The predicted molar refractivity (Wildman–Crippen MR) is 166 cm³/mol. The minimum absolute atomic E-state index is 0.00965. The fourth-order valence-electron chi connectivity index (χ4n) is 5.82. The van der Waals surface area contributed by atoms with Crippen LogP contribution >= 0.6 is 0 Å². The minimum Gasteiger partial charge on any atom is -0.367 e. The van der Waals surface area contributed by atoms with Crippen LogP contribution in [0.5, 0.6) is 0 Å². The Labute approximate surface area is 251 Å². The number of benzene rings is 3. The molecule has 3 aromatic carbocycles. The zero-order valence-electron chi connectivity index (χ0n) is 24.6. The summed E-state index contributed by atoms with van der Waals surface area (Å²) in [5.41, 5.74) is 2.61. The molecule has 1 saturated heterocycles. The third kappa shape index (κ3) is 5.42. The molecule has 1 aliphatic heterocycles. The topological polar surface area (TPSA) is 89.3 Å². The molecule has 8 heteroatoms. The molecule has 1 aliphatic rings. The lowest BCUT2D eigenvalue weighted by Crippen LogP contribution is -2.48. The third-order valence-corrected chi connectivity index (χ3v) is 7.83. The van der Waals surface area contributed by atoms with Crippen LogP contribution in [0.2, 0.25) is 0 Å². The molecule has 0 amide bonds. The van der Waals surface area contributed by atoms with E-state index in [0.717, 1.165) is 27.7 Å². The van der Waals surface area contributed by atoms with Crippen LogP contribution in [-0.2, 0) is 20.0 Å².